The standard InChI is InChI=1S/C18H22N4O3/c1-11-9-12(2)20-16(19-11)15-10-22(7-8-25-15)18(24)14-6-5-13(3)21(4)17(14)23/h5-6,9,15H,7-8,10H2,1-4H3/t15-/m1/s1. The van der Waals surface area contributed by atoms with Gasteiger partial charge in [-0.3, -0.25) is 9.59 Å². The predicted octanol–water partition coefficient (Wildman–Crippen LogP) is 1.31. The Labute approximate surface area is 146 Å². The first-order valence-electron chi connectivity index (χ1n) is 8.26. The molecule has 0 radical (unpaired) electrons. The summed E-state index contributed by atoms with van der Waals surface area (Å²) in [7, 11) is 1.67. The van der Waals surface area contributed by atoms with E-state index >= 15 is 0 Å². The van der Waals surface area contributed by atoms with E-state index in [1.807, 2.05) is 26.8 Å². The molecule has 0 unspecified atom stereocenters. The maximum absolute atomic E-state index is 12.8. The van der Waals surface area contributed by atoms with Crippen molar-refractivity contribution >= 4 is 5.91 Å². The SMILES string of the molecule is Cc1cc(C)nc([C@H]2CN(C(=O)c3ccc(C)n(C)c3=O)CCO2)n1. The number of amides is 1. The average molecular weight is 342 g/mol. The van der Waals surface area contributed by atoms with Crippen LogP contribution in [0.2, 0.25) is 0 Å². The molecule has 0 aliphatic carbocycles. The zero-order valence-electron chi connectivity index (χ0n) is 14.9. The van der Waals surface area contributed by atoms with Crippen molar-refractivity contribution in [1.82, 2.24) is 19.4 Å². The fourth-order valence-electron chi connectivity index (χ4n) is 2.95. The third-order valence-electron chi connectivity index (χ3n) is 4.43. The normalized spacial score (nSPS) is 17.6. The molecule has 2 aromatic heterocycles. The number of carbonyl (C=O) groups excluding carboxylic acids is 1. The second kappa shape index (κ2) is 6.76. The minimum atomic E-state index is -0.384. The molecule has 3 heterocycles. The molecular formula is C18H22N4O3. The topological polar surface area (TPSA) is 77.3 Å². The maximum Gasteiger partial charge on any atom is 0.263 e. The number of nitrogens with zero attached hydrogens (tertiary/aromatic N) is 4. The molecule has 0 aromatic carbocycles. The van der Waals surface area contributed by atoms with Gasteiger partial charge in [-0.1, -0.05) is 0 Å². The highest BCUT2D eigenvalue weighted by Crippen LogP contribution is 2.21. The van der Waals surface area contributed by atoms with E-state index in [4.69, 9.17) is 4.74 Å². The van der Waals surface area contributed by atoms with E-state index in [0.717, 1.165) is 17.1 Å². The number of hydrogen-bond acceptors (Lipinski definition) is 5. The lowest BCUT2D eigenvalue weighted by molar-refractivity contribution is -0.0270. The summed E-state index contributed by atoms with van der Waals surface area (Å²) in [4.78, 5) is 35.7. The molecule has 0 spiro atoms. The summed E-state index contributed by atoms with van der Waals surface area (Å²) in [5.74, 6) is 0.296. The molecule has 7 heteroatoms. The summed E-state index contributed by atoms with van der Waals surface area (Å²) in [6.45, 7) is 6.80. The molecule has 1 aliphatic heterocycles. The fourth-order valence-corrected chi connectivity index (χ4v) is 2.95. The Hall–Kier alpha value is -2.54. The molecule has 1 fully saturated rings. The number of aromatic nitrogens is 3. The van der Waals surface area contributed by atoms with E-state index in [9.17, 15) is 9.59 Å². The third-order valence-corrected chi connectivity index (χ3v) is 4.43. The summed E-state index contributed by atoms with van der Waals surface area (Å²) in [5.41, 5.74) is 2.43. The Morgan fingerprint density at radius 1 is 1.20 bits per heavy atom. The Bertz CT molecular complexity index is 855. The molecule has 132 valence electrons. The molecule has 7 nitrogen and oxygen atoms in total. The zero-order valence-corrected chi connectivity index (χ0v) is 14.9. The van der Waals surface area contributed by atoms with Crippen LogP contribution in [0.5, 0.6) is 0 Å². The van der Waals surface area contributed by atoms with Gasteiger partial charge in [-0.15, -0.1) is 0 Å². The van der Waals surface area contributed by atoms with Crippen molar-refractivity contribution in [2.75, 3.05) is 19.7 Å². The van der Waals surface area contributed by atoms with Crippen LogP contribution in [0, 0.1) is 20.8 Å². The van der Waals surface area contributed by atoms with Crippen molar-refractivity contribution in [3.05, 3.63) is 57.0 Å². The first kappa shape index (κ1) is 17.3. The van der Waals surface area contributed by atoms with Gasteiger partial charge in [0.25, 0.3) is 11.5 Å². The molecule has 0 saturated carbocycles. The van der Waals surface area contributed by atoms with Crippen molar-refractivity contribution < 1.29 is 9.53 Å². The van der Waals surface area contributed by atoms with Gasteiger partial charge in [0.2, 0.25) is 0 Å². The van der Waals surface area contributed by atoms with Gasteiger partial charge >= 0.3 is 0 Å². The van der Waals surface area contributed by atoms with Crippen LogP contribution in [-0.4, -0.2) is 45.0 Å². The molecule has 0 bridgehead atoms. The third kappa shape index (κ3) is 3.46. The highest BCUT2D eigenvalue weighted by molar-refractivity contribution is 5.94. The molecular weight excluding hydrogens is 320 g/mol. The number of pyridine rings is 1. The van der Waals surface area contributed by atoms with E-state index in [2.05, 4.69) is 9.97 Å². The second-order valence-electron chi connectivity index (χ2n) is 6.37. The number of hydrogen-bond donors (Lipinski definition) is 0. The first-order valence-corrected chi connectivity index (χ1v) is 8.26. The van der Waals surface area contributed by atoms with Crippen molar-refractivity contribution in [2.45, 2.75) is 26.9 Å². The summed E-state index contributed by atoms with van der Waals surface area (Å²) < 4.78 is 7.25. The van der Waals surface area contributed by atoms with E-state index in [-0.39, 0.29) is 23.1 Å². The van der Waals surface area contributed by atoms with E-state index < -0.39 is 0 Å². The average Bonchev–Trinajstić information content (AvgIpc) is 2.58. The fraction of sp³-hybridized carbons (Fsp3) is 0.444. The molecule has 2 aromatic rings. The number of morpholine rings is 1. The monoisotopic (exact) mass is 342 g/mol. The van der Waals surface area contributed by atoms with Gasteiger partial charge in [0, 0.05) is 30.7 Å². The number of ether oxygens (including phenoxy) is 1. The van der Waals surface area contributed by atoms with Crippen LogP contribution in [0.15, 0.2) is 23.0 Å². The van der Waals surface area contributed by atoms with Crippen LogP contribution in [0.25, 0.3) is 0 Å². The summed E-state index contributed by atoms with van der Waals surface area (Å²) in [6, 6.07) is 5.27. The van der Waals surface area contributed by atoms with Gasteiger partial charge in [-0.2, -0.15) is 0 Å². The smallest absolute Gasteiger partial charge is 0.263 e. The van der Waals surface area contributed by atoms with E-state index in [0.29, 0.717) is 25.5 Å². The van der Waals surface area contributed by atoms with Crippen molar-refractivity contribution in [2.24, 2.45) is 7.05 Å². The summed E-state index contributed by atoms with van der Waals surface area (Å²) in [6.07, 6.45) is -0.384. The second-order valence-corrected chi connectivity index (χ2v) is 6.37. The quantitative estimate of drug-likeness (QED) is 0.822. The maximum atomic E-state index is 12.8. The van der Waals surface area contributed by atoms with Gasteiger partial charge < -0.3 is 14.2 Å². The lowest BCUT2D eigenvalue weighted by Gasteiger charge is -2.32. The molecule has 1 aliphatic rings. The van der Waals surface area contributed by atoms with Gasteiger partial charge in [0.05, 0.1) is 13.2 Å². The summed E-state index contributed by atoms with van der Waals surface area (Å²) in [5, 5.41) is 0. The predicted molar refractivity (Wildman–Crippen MR) is 92.5 cm³/mol. The van der Waals surface area contributed by atoms with E-state index in [1.165, 1.54) is 4.57 Å². The first-order chi connectivity index (χ1) is 11.9. The van der Waals surface area contributed by atoms with Gasteiger partial charge in [0.1, 0.15) is 11.7 Å². The molecule has 25 heavy (non-hydrogen) atoms. The van der Waals surface area contributed by atoms with Crippen molar-refractivity contribution in [3.8, 4) is 0 Å². The van der Waals surface area contributed by atoms with Crippen LogP contribution in [0.4, 0.5) is 0 Å². The van der Waals surface area contributed by atoms with Crippen molar-refractivity contribution in [1.29, 1.82) is 0 Å². The number of aryl methyl sites for hydroxylation is 3. The Kier molecular flexibility index (Phi) is 4.67. The van der Waals surface area contributed by atoms with Crippen LogP contribution < -0.4 is 5.56 Å². The van der Waals surface area contributed by atoms with Crippen LogP contribution in [0.1, 0.15) is 39.4 Å². The Balaban J connectivity index is 1.85. The van der Waals surface area contributed by atoms with Crippen molar-refractivity contribution in [3.63, 3.8) is 0 Å². The molecule has 0 N–H and O–H groups in total. The minimum Gasteiger partial charge on any atom is -0.367 e. The largest absolute Gasteiger partial charge is 0.367 e. The number of carbonyl (C=O) groups is 1. The lowest BCUT2D eigenvalue weighted by Crippen LogP contribution is -2.44. The van der Waals surface area contributed by atoms with E-state index in [1.54, 1.807) is 24.1 Å². The zero-order chi connectivity index (χ0) is 18.1. The Morgan fingerprint density at radius 3 is 2.56 bits per heavy atom. The Morgan fingerprint density at radius 2 is 1.88 bits per heavy atom. The molecule has 1 amide bonds. The lowest BCUT2D eigenvalue weighted by atomic mass is 10.1. The molecule has 3 rings (SSSR count). The minimum absolute atomic E-state index is 0.176. The summed E-state index contributed by atoms with van der Waals surface area (Å²) >= 11 is 0. The van der Waals surface area contributed by atoms with Crippen LogP contribution >= 0.6 is 0 Å². The van der Waals surface area contributed by atoms with Crippen LogP contribution in [-0.2, 0) is 11.8 Å². The van der Waals surface area contributed by atoms with Crippen LogP contribution in [0.3, 0.4) is 0 Å². The van der Waals surface area contributed by atoms with Gasteiger partial charge in [-0.05, 0) is 39.0 Å². The molecule has 1 saturated heterocycles. The van der Waals surface area contributed by atoms with Gasteiger partial charge in [0.15, 0.2) is 5.82 Å². The molecule has 1 atom stereocenters. The number of rotatable bonds is 2. The highest BCUT2D eigenvalue weighted by Gasteiger charge is 2.29. The van der Waals surface area contributed by atoms with Gasteiger partial charge in [-0.25, -0.2) is 9.97 Å². The highest BCUT2D eigenvalue weighted by atomic mass is 16.5.